The quantitative estimate of drug-likeness (QED) is 0.856. The number of carboxylic acid groups (broad SMARTS) is 1. The number of fused-ring (bicyclic) bond motifs is 1. The second kappa shape index (κ2) is 7.23. The monoisotopic (exact) mass is 346 g/mol. The maximum atomic E-state index is 12.5. The van der Waals surface area contributed by atoms with Crippen molar-refractivity contribution in [1.29, 1.82) is 0 Å². The lowest BCUT2D eigenvalue weighted by atomic mass is 9.89. The van der Waals surface area contributed by atoms with Gasteiger partial charge in [0.2, 0.25) is 11.8 Å². The van der Waals surface area contributed by atoms with Crippen molar-refractivity contribution in [3.8, 4) is 0 Å². The first kappa shape index (κ1) is 17.4. The first-order valence-corrected chi connectivity index (χ1v) is 8.49. The number of carbonyl (C=O) groups is 3. The van der Waals surface area contributed by atoms with E-state index in [1.54, 1.807) is 6.92 Å². The highest BCUT2D eigenvalue weighted by Crippen LogP contribution is 2.27. The van der Waals surface area contributed by atoms with Gasteiger partial charge in [0.15, 0.2) is 6.10 Å². The molecule has 3 atom stereocenters. The Morgan fingerprint density at radius 1 is 1.32 bits per heavy atom. The Balaban J connectivity index is 1.57. The van der Waals surface area contributed by atoms with Crippen molar-refractivity contribution in [3.05, 3.63) is 29.8 Å². The fraction of sp³-hybridized carbons (Fsp3) is 0.500. The number of carbonyl (C=O) groups excluding carboxylic acids is 2. The van der Waals surface area contributed by atoms with Crippen LogP contribution in [-0.4, -0.2) is 53.1 Å². The zero-order valence-electron chi connectivity index (χ0n) is 14.1. The van der Waals surface area contributed by atoms with Crippen molar-refractivity contribution in [3.63, 3.8) is 0 Å². The molecular formula is C18H22N2O5. The van der Waals surface area contributed by atoms with Crippen molar-refractivity contribution in [2.24, 2.45) is 5.92 Å². The lowest BCUT2D eigenvalue weighted by Crippen LogP contribution is -2.51. The number of carboxylic acids is 1. The molecule has 7 nitrogen and oxygen atoms in total. The average molecular weight is 346 g/mol. The Morgan fingerprint density at radius 2 is 2.08 bits per heavy atom. The number of benzene rings is 1. The van der Waals surface area contributed by atoms with Gasteiger partial charge < -0.3 is 20.1 Å². The summed E-state index contributed by atoms with van der Waals surface area (Å²) < 4.78 is 5.32. The number of rotatable bonds is 4. The third-order valence-electron chi connectivity index (χ3n) is 4.71. The van der Waals surface area contributed by atoms with Crippen LogP contribution in [0.25, 0.3) is 0 Å². The molecule has 2 amide bonds. The predicted molar refractivity (Wildman–Crippen MR) is 90.1 cm³/mol. The number of morpholine rings is 1. The second-order valence-electron chi connectivity index (χ2n) is 6.66. The lowest BCUT2D eigenvalue weighted by Gasteiger charge is -2.35. The molecule has 2 heterocycles. The molecule has 0 spiro atoms. The minimum Gasteiger partial charge on any atom is -0.479 e. The molecule has 0 bridgehead atoms. The molecule has 3 rings (SSSR count). The number of amides is 2. The van der Waals surface area contributed by atoms with Gasteiger partial charge in [-0.2, -0.15) is 0 Å². The molecule has 0 aliphatic carbocycles. The summed E-state index contributed by atoms with van der Waals surface area (Å²) in [4.78, 5) is 37.3. The van der Waals surface area contributed by atoms with Gasteiger partial charge >= 0.3 is 5.97 Å². The van der Waals surface area contributed by atoms with Crippen molar-refractivity contribution in [2.75, 3.05) is 18.4 Å². The van der Waals surface area contributed by atoms with E-state index in [4.69, 9.17) is 9.84 Å². The molecular weight excluding hydrogens is 324 g/mol. The van der Waals surface area contributed by atoms with Gasteiger partial charge in [-0.3, -0.25) is 9.59 Å². The zero-order valence-corrected chi connectivity index (χ0v) is 14.1. The molecule has 0 aromatic heterocycles. The van der Waals surface area contributed by atoms with E-state index in [2.05, 4.69) is 5.32 Å². The van der Waals surface area contributed by atoms with E-state index in [1.807, 2.05) is 24.3 Å². The molecule has 1 fully saturated rings. The molecule has 7 heteroatoms. The fourth-order valence-corrected chi connectivity index (χ4v) is 3.39. The van der Waals surface area contributed by atoms with Crippen molar-refractivity contribution in [2.45, 2.75) is 38.4 Å². The van der Waals surface area contributed by atoms with E-state index >= 15 is 0 Å². The molecule has 2 aliphatic heterocycles. The number of aliphatic carboxylic acids is 1. The third kappa shape index (κ3) is 3.99. The van der Waals surface area contributed by atoms with Gasteiger partial charge in [0.1, 0.15) is 0 Å². The molecule has 2 N–H and O–H groups in total. The van der Waals surface area contributed by atoms with Gasteiger partial charge in [-0.15, -0.1) is 0 Å². The first-order valence-electron chi connectivity index (χ1n) is 8.49. The van der Waals surface area contributed by atoms with Crippen LogP contribution in [0, 0.1) is 5.92 Å². The summed E-state index contributed by atoms with van der Waals surface area (Å²) in [5.74, 6) is -1.50. The summed E-state index contributed by atoms with van der Waals surface area (Å²) in [5, 5.41) is 12.0. The topological polar surface area (TPSA) is 95.9 Å². The van der Waals surface area contributed by atoms with Crippen LogP contribution in [0.5, 0.6) is 0 Å². The summed E-state index contributed by atoms with van der Waals surface area (Å²) in [7, 11) is 0. The predicted octanol–water partition coefficient (Wildman–Crippen LogP) is 1.28. The second-order valence-corrected chi connectivity index (χ2v) is 6.66. The van der Waals surface area contributed by atoms with E-state index in [1.165, 1.54) is 4.90 Å². The smallest absolute Gasteiger partial charge is 0.334 e. The van der Waals surface area contributed by atoms with Crippen LogP contribution < -0.4 is 5.32 Å². The van der Waals surface area contributed by atoms with Crippen LogP contribution in [0.15, 0.2) is 24.3 Å². The van der Waals surface area contributed by atoms with Crippen LogP contribution >= 0.6 is 0 Å². The number of ether oxygens (including phenoxy) is 1. The molecule has 2 aliphatic rings. The highest BCUT2D eigenvalue weighted by molar-refractivity contribution is 5.96. The van der Waals surface area contributed by atoms with Gasteiger partial charge in [-0.1, -0.05) is 18.2 Å². The molecule has 134 valence electrons. The summed E-state index contributed by atoms with van der Waals surface area (Å²) in [5.41, 5.74) is 1.91. The number of para-hydroxylation sites is 1. The van der Waals surface area contributed by atoms with Crippen molar-refractivity contribution in [1.82, 2.24) is 4.90 Å². The Hall–Kier alpha value is -2.41. The number of anilines is 1. The van der Waals surface area contributed by atoms with Gasteiger partial charge in [0, 0.05) is 24.6 Å². The number of nitrogens with zero attached hydrogens (tertiary/aromatic N) is 1. The maximum Gasteiger partial charge on any atom is 0.334 e. The largest absolute Gasteiger partial charge is 0.479 e. The van der Waals surface area contributed by atoms with Gasteiger partial charge in [-0.25, -0.2) is 4.79 Å². The minimum atomic E-state index is -1.06. The van der Waals surface area contributed by atoms with E-state index < -0.39 is 12.1 Å². The first-order chi connectivity index (χ1) is 11.9. The molecule has 0 radical (unpaired) electrons. The lowest BCUT2D eigenvalue weighted by molar-refractivity contribution is -0.166. The highest BCUT2D eigenvalue weighted by Gasteiger charge is 2.33. The van der Waals surface area contributed by atoms with Crippen LogP contribution in [0.4, 0.5) is 5.69 Å². The van der Waals surface area contributed by atoms with E-state index in [9.17, 15) is 14.4 Å². The standard InChI is InChI=1S/C18H22N2O5/c1-11-9-20(10-15(25-11)18(23)24)16(21)7-6-13-8-12-4-2-3-5-14(12)19-17(13)22/h2-5,11,13,15H,6-10H2,1H3,(H,19,22)(H,23,24)/t11-,13?,15?/m1/s1. The molecule has 0 saturated carbocycles. The Bertz CT molecular complexity index is 690. The van der Waals surface area contributed by atoms with Gasteiger partial charge in [-0.05, 0) is 31.4 Å². The summed E-state index contributed by atoms with van der Waals surface area (Å²) in [6.45, 7) is 2.18. The van der Waals surface area contributed by atoms with E-state index in [0.29, 0.717) is 19.4 Å². The van der Waals surface area contributed by atoms with E-state index in [-0.39, 0.29) is 36.8 Å². The summed E-state index contributed by atoms with van der Waals surface area (Å²) >= 11 is 0. The minimum absolute atomic E-state index is 0.0538. The van der Waals surface area contributed by atoms with Crippen LogP contribution in [0.1, 0.15) is 25.3 Å². The molecule has 25 heavy (non-hydrogen) atoms. The van der Waals surface area contributed by atoms with Crippen molar-refractivity contribution < 1.29 is 24.2 Å². The molecule has 1 aromatic rings. The summed E-state index contributed by atoms with van der Waals surface area (Å²) in [6, 6.07) is 7.65. The number of hydrogen-bond donors (Lipinski definition) is 2. The molecule has 1 aromatic carbocycles. The van der Waals surface area contributed by atoms with E-state index in [0.717, 1.165) is 11.3 Å². The average Bonchev–Trinajstić information content (AvgIpc) is 2.59. The Kier molecular flexibility index (Phi) is 5.03. The van der Waals surface area contributed by atoms with Crippen LogP contribution in [0.2, 0.25) is 0 Å². The number of nitrogens with one attached hydrogen (secondary N) is 1. The fourth-order valence-electron chi connectivity index (χ4n) is 3.39. The Labute approximate surface area is 146 Å². The van der Waals surface area contributed by atoms with Crippen LogP contribution in [0.3, 0.4) is 0 Å². The third-order valence-corrected chi connectivity index (χ3v) is 4.71. The molecule has 1 saturated heterocycles. The molecule has 2 unspecified atom stereocenters. The van der Waals surface area contributed by atoms with Crippen molar-refractivity contribution >= 4 is 23.5 Å². The SMILES string of the molecule is C[C@@H]1CN(C(=O)CCC2Cc3ccccc3NC2=O)CC(C(=O)O)O1. The Morgan fingerprint density at radius 3 is 2.84 bits per heavy atom. The normalized spacial score (nSPS) is 25.9. The highest BCUT2D eigenvalue weighted by atomic mass is 16.5. The van der Waals surface area contributed by atoms with Crippen LogP contribution in [-0.2, 0) is 25.5 Å². The van der Waals surface area contributed by atoms with Gasteiger partial charge in [0.25, 0.3) is 0 Å². The zero-order chi connectivity index (χ0) is 18.0. The maximum absolute atomic E-state index is 12.5. The number of hydrogen-bond acceptors (Lipinski definition) is 4. The van der Waals surface area contributed by atoms with Gasteiger partial charge in [0.05, 0.1) is 12.6 Å². The summed E-state index contributed by atoms with van der Waals surface area (Å²) in [6.07, 6.45) is -0.0184.